The van der Waals surface area contributed by atoms with Gasteiger partial charge in [0.25, 0.3) is 5.91 Å². The van der Waals surface area contributed by atoms with Crippen molar-refractivity contribution in [3.05, 3.63) is 18.2 Å². The number of carbonyl (C=O) groups is 2. The normalized spacial score (nSPS) is 34.3. The molecule has 7 nitrogen and oxygen atoms in total. The Hall–Kier alpha value is -1.89. The summed E-state index contributed by atoms with van der Waals surface area (Å²) in [5.74, 6) is 1.58. The molecule has 3 heterocycles. The quantitative estimate of drug-likeness (QED) is 0.868. The van der Waals surface area contributed by atoms with Crippen molar-refractivity contribution in [1.29, 1.82) is 0 Å². The number of hydrogen-bond acceptors (Lipinski definition) is 4. The summed E-state index contributed by atoms with van der Waals surface area (Å²) < 4.78 is 7.16. The highest BCUT2D eigenvalue weighted by atomic mass is 16.5. The number of imidazole rings is 1. The molecule has 4 aliphatic rings. The zero-order valence-electron chi connectivity index (χ0n) is 15.2. The number of likely N-dealkylation sites (tertiary alicyclic amines) is 1. The van der Waals surface area contributed by atoms with Crippen LogP contribution in [0.1, 0.15) is 36.3 Å². The third-order valence-corrected chi connectivity index (χ3v) is 6.97. The Morgan fingerprint density at radius 3 is 2.69 bits per heavy atom. The first-order valence-corrected chi connectivity index (χ1v) is 9.71. The van der Waals surface area contributed by atoms with E-state index < -0.39 is 0 Å². The summed E-state index contributed by atoms with van der Waals surface area (Å²) in [5, 5.41) is 3.14. The van der Waals surface area contributed by atoms with Crippen LogP contribution >= 0.6 is 0 Å². The molecule has 7 heteroatoms. The first-order valence-electron chi connectivity index (χ1n) is 9.71. The van der Waals surface area contributed by atoms with Crippen molar-refractivity contribution in [1.82, 2.24) is 19.8 Å². The highest BCUT2D eigenvalue weighted by molar-refractivity contribution is 5.91. The van der Waals surface area contributed by atoms with Crippen molar-refractivity contribution in [2.75, 3.05) is 26.3 Å². The largest absolute Gasteiger partial charge is 0.381 e. The molecule has 1 aromatic rings. The van der Waals surface area contributed by atoms with Crippen molar-refractivity contribution < 1.29 is 14.3 Å². The second-order valence-corrected chi connectivity index (χ2v) is 8.70. The van der Waals surface area contributed by atoms with Crippen LogP contribution in [0.2, 0.25) is 0 Å². The summed E-state index contributed by atoms with van der Waals surface area (Å²) in [6.45, 7) is 2.95. The number of hydrogen-bond donors (Lipinski definition) is 1. The van der Waals surface area contributed by atoms with E-state index >= 15 is 0 Å². The van der Waals surface area contributed by atoms with Crippen molar-refractivity contribution in [3.8, 4) is 0 Å². The molecule has 1 N–H and O–H groups in total. The topological polar surface area (TPSA) is 76.5 Å². The molecule has 2 saturated carbocycles. The minimum Gasteiger partial charge on any atom is -0.381 e. The van der Waals surface area contributed by atoms with Gasteiger partial charge in [-0.25, -0.2) is 4.98 Å². The van der Waals surface area contributed by atoms with E-state index in [0.717, 1.165) is 39.0 Å². The fourth-order valence-electron chi connectivity index (χ4n) is 5.34. The van der Waals surface area contributed by atoms with E-state index in [2.05, 4.69) is 10.3 Å². The van der Waals surface area contributed by atoms with Gasteiger partial charge in [-0.1, -0.05) is 6.42 Å². The van der Waals surface area contributed by atoms with Crippen molar-refractivity contribution in [2.24, 2.45) is 30.2 Å². The van der Waals surface area contributed by atoms with Crippen LogP contribution in [0.4, 0.5) is 0 Å². The number of nitrogens with zero attached hydrogens (tertiary/aromatic N) is 3. The number of nitrogens with one attached hydrogen (secondary N) is 1. The predicted octanol–water partition coefficient (Wildman–Crippen LogP) is 0.813. The van der Waals surface area contributed by atoms with Gasteiger partial charge in [-0.3, -0.25) is 9.59 Å². The number of rotatable bonds is 3. The van der Waals surface area contributed by atoms with Gasteiger partial charge < -0.3 is 19.5 Å². The van der Waals surface area contributed by atoms with Crippen LogP contribution in [-0.4, -0.2) is 58.6 Å². The molecule has 2 aliphatic carbocycles. The maximum Gasteiger partial charge on any atom is 0.287 e. The zero-order chi connectivity index (χ0) is 17.9. The van der Waals surface area contributed by atoms with Gasteiger partial charge in [0.1, 0.15) is 0 Å². The predicted molar refractivity (Wildman–Crippen MR) is 93.2 cm³/mol. The average Bonchev–Trinajstić information content (AvgIpc) is 2.94. The molecule has 2 saturated heterocycles. The van der Waals surface area contributed by atoms with Crippen molar-refractivity contribution in [3.63, 3.8) is 0 Å². The molecule has 0 bridgehead atoms. The van der Waals surface area contributed by atoms with Crippen molar-refractivity contribution in [2.45, 2.75) is 31.7 Å². The van der Waals surface area contributed by atoms with E-state index in [4.69, 9.17) is 4.74 Å². The number of fused-ring (bicyclic) bond motifs is 1. The second kappa shape index (κ2) is 5.81. The Kier molecular flexibility index (Phi) is 3.64. The molecule has 2 unspecified atom stereocenters. The molecule has 26 heavy (non-hydrogen) atoms. The standard InChI is InChI=1S/C19H26N4O3/c1-22-6-5-20-16(22)17(24)21-12-7-19(3-2-4-19)11-23(8-12)18(25)15-13-9-26-10-14(13)15/h5-6,12-15H,2-4,7-11H2,1H3,(H,21,24)/t12?,13-,14+,15?. The second-order valence-electron chi connectivity index (χ2n) is 8.70. The van der Waals surface area contributed by atoms with Crippen LogP contribution in [-0.2, 0) is 16.6 Å². The smallest absolute Gasteiger partial charge is 0.287 e. The minimum absolute atomic E-state index is 0.00652. The fourth-order valence-corrected chi connectivity index (χ4v) is 5.34. The Morgan fingerprint density at radius 2 is 2.08 bits per heavy atom. The molecule has 1 spiro atoms. The molecule has 0 radical (unpaired) electrons. The fraction of sp³-hybridized carbons (Fsp3) is 0.737. The SMILES string of the molecule is Cn1ccnc1C(=O)NC1CN(C(=O)C2[C@H]3COC[C@@H]23)CC2(CCC2)C1. The van der Waals surface area contributed by atoms with Crippen molar-refractivity contribution >= 4 is 11.8 Å². The van der Waals surface area contributed by atoms with E-state index in [-0.39, 0.29) is 29.2 Å². The monoisotopic (exact) mass is 358 g/mol. The van der Waals surface area contributed by atoms with Gasteiger partial charge in [0.05, 0.1) is 13.2 Å². The molecule has 0 aromatic carbocycles. The van der Waals surface area contributed by atoms with Crippen LogP contribution < -0.4 is 5.32 Å². The van der Waals surface area contributed by atoms with E-state index in [0.29, 0.717) is 24.2 Å². The average molecular weight is 358 g/mol. The lowest BCUT2D eigenvalue weighted by atomic mass is 9.63. The molecule has 2 aliphatic heterocycles. The maximum atomic E-state index is 13.1. The number of amides is 2. The van der Waals surface area contributed by atoms with Gasteiger partial charge in [-0.05, 0) is 36.5 Å². The molecule has 4 atom stereocenters. The van der Waals surface area contributed by atoms with Gasteiger partial charge in [-0.2, -0.15) is 0 Å². The first-order chi connectivity index (χ1) is 12.6. The van der Waals surface area contributed by atoms with Crippen LogP contribution in [0, 0.1) is 23.2 Å². The number of aryl methyl sites for hydroxylation is 1. The Morgan fingerprint density at radius 1 is 1.31 bits per heavy atom. The molecule has 5 rings (SSSR count). The summed E-state index contributed by atoms with van der Waals surface area (Å²) in [6, 6.07) is 0.00652. The third-order valence-electron chi connectivity index (χ3n) is 6.97. The Labute approximate surface area is 153 Å². The number of aromatic nitrogens is 2. The summed E-state index contributed by atoms with van der Waals surface area (Å²) in [5.41, 5.74) is 0.202. The molecular weight excluding hydrogens is 332 g/mol. The number of ether oxygens (including phenoxy) is 1. The zero-order valence-corrected chi connectivity index (χ0v) is 15.2. The summed E-state index contributed by atoms with van der Waals surface area (Å²) >= 11 is 0. The van der Waals surface area contributed by atoms with Crippen LogP contribution in [0.25, 0.3) is 0 Å². The molecule has 4 fully saturated rings. The lowest BCUT2D eigenvalue weighted by molar-refractivity contribution is -0.140. The summed E-state index contributed by atoms with van der Waals surface area (Å²) in [6.07, 6.45) is 7.91. The van der Waals surface area contributed by atoms with Crippen LogP contribution in [0.3, 0.4) is 0 Å². The Balaban J connectivity index is 1.29. The van der Waals surface area contributed by atoms with E-state index in [1.807, 2.05) is 11.9 Å². The van der Waals surface area contributed by atoms with Crippen LogP contribution in [0.5, 0.6) is 0 Å². The van der Waals surface area contributed by atoms with Gasteiger partial charge >= 0.3 is 0 Å². The minimum atomic E-state index is -0.150. The summed E-state index contributed by atoms with van der Waals surface area (Å²) in [4.78, 5) is 31.8. The molecule has 140 valence electrons. The van der Waals surface area contributed by atoms with E-state index in [1.165, 1.54) is 6.42 Å². The molecular formula is C19H26N4O3. The highest BCUT2D eigenvalue weighted by Crippen LogP contribution is 2.53. The van der Waals surface area contributed by atoms with E-state index in [9.17, 15) is 9.59 Å². The van der Waals surface area contributed by atoms with Crippen LogP contribution in [0.15, 0.2) is 12.4 Å². The number of carbonyl (C=O) groups excluding carboxylic acids is 2. The van der Waals surface area contributed by atoms with E-state index in [1.54, 1.807) is 17.0 Å². The maximum absolute atomic E-state index is 13.1. The van der Waals surface area contributed by atoms with Gasteiger partial charge in [-0.15, -0.1) is 0 Å². The van der Waals surface area contributed by atoms with Gasteiger partial charge in [0, 0.05) is 44.5 Å². The Bertz CT molecular complexity index is 731. The first kappa shape index (κ1) is 16.3. The molecule has 2 amide bonds. The lowest BCUT2D eigenvalue weighted by Gasteiger charge is -2.51. The van der Waals surface area contributed by atoms with Gasteiger partial charge in [0.2, 0.25) is 5.91 Å². The lowest BCUT2D eigenvalue weighted by Crippen LogP contribution is -2.59. The van der Waals surface area contributed by atoms with Gasteiger partial charge in [0.15, 0.2) is 5.82 Å². The number of piperidine rings is 1. The molecule has 1 aromatic heterocycles. The highest BCUT2D eigenvalue weighted by Gasteiger charge is 2.60. The third kappa shape index (κ3) is 2.55. The summed E-state index contributed by atoms with van der Waals surface area (Å²) in [7, 11) is 1.82.